The third-order valence-electron chi connectivity index (χ3n) is 4.32. The van der Waals surface area contributed by atoms with Gasteiger partial charge in [0, 0.05) is 12.5 Å². The third-order valence-corrected chi connectivity index (χ3v) is 4.32. The van der Waals surface area contributed by atoms with Crippen LogP contribution in [0.4, 0.5) is 0 Å². The molecular formula is C16H22N4O5. The fourth-order valence-corrected chi connectivity index (χ4v) is 2.85. The summed E-state index contributed by atoms with van der Waals surface area (Å²) in [5.74, 6) is -0.565. The number of ether oxygens (including phenoxy) is 2. The number of hydrogen-bond acceptors (Lipinski definition) is 7. The Kier molecular flexibility index (Phi) is 5.49. The first-order valence-corrected chi connectivity index (χ1v) is 8.19. The molecule has 0 aliphatic carbocycles. The maximum absolute atomic E-state index is 12.4. The fraction of sp³-hybridized carbons (Fsp3) is 0.500. The molecule has 9 heteroatoms. The van der Waals surface area contributed by atoms with Crippen molar-refractivity contribution in [1.82, 2.24) is 21.7 Å². The van der Waals surface area contributed by atoms with E-state index in [1.165, 1.54) is 12.1 Å². The van der Waals surface area contributed by atoms with Gasteiger partial charge in [0.2, 0.25) is 5.91 Å². The molecule has 0 radical (unpaired) electrons. The van der Waals surface area contributed by atoms with Crippen molar-refractivity contribution in [2.24, 2.45) is 0 Å². The van der Waals surface area contributed by atoms with E-state index in [0.717, 1.165) is 0 Å². The highest BCUT2D eigenvalue weighted by Gasteiger charge is 2.34. The first-order valence-electron chi connectivity index (χ1n) is 8.19. The van der Waals surface area contributed by atoms with Crippen molar-refractivity contribution in [3.8, 4) is 5.75 Å². The van der Waals surface area contributed by atoms with E-state index in [1.807, 2.05) is 6.92 Å². The second kappa shape index (κ2) is 7.79. The molecule has 2 unspecified atom stereocenters. The molecule has 2 heterocycles. The van der Waals surface area contributed by atoms with E-state index in [0.29, 0.717) is 25.4 Å². The molecule has 0 spiro atoms. The summed E-state index contributed by atoms with van der Waals surface area (Å²) in [6, 6.07) is 5.50. The highest BCUT2D eigenvalue weighted by molar-refractivity contribution is 5.87. The molecule has 2 saturated heterocycles. The van der Waals surface area contributed by atoms with Gasteiger partial charge >= 0.3 is 5.97 Å². The summed E-state index contributed by atoms with van der Waals surface area (Å²) in [4.78, 5) is 23.3. The molecule has 1 aromatic carbocycles. The molecule has 2 fully saturated rings. The number of hydrazine groups is 2. The molecule has 5 N–H and O–H groups in total. The molecule has 2 aliphatic rings. The average molecular weight is 350 g/mol. The van der Waals surface area contributed by atoms with E-state index in [9.17, 15) is 9.59 Å². The zero-order valence-corrected chi connectivity index (χ0v) is 13.8. The number of amides is 1. The Balaban J connectivity index is 1.62. The van der Waals surface area contributed by atoms with E-state index < -0.39 is 12.0 Å². The fourth-order valence-electron chi connectivity index (χ4n) is 2.85. The highest BCUT2D eigenvalue weighted by Crippen LogP contribution is 2.19. The third kappa shape index (κ3) is 4.26. The molecular weight excluding hydrogens is 328 g/mol. The Labute approximate surface area is 145 Å². The van der Waals surface area contributed by atoms with Gasteiger partial charge in [-0.15, -0.1) is 0 Å². The van der Waals surface area contributed by atoms with Crippen LogP contribution in [-0.2, 0) is 9.53 Å². The van der Waals surface area contributed by atoms with Crippen LogP contribution in [0, 0.1) is 0 Å². The van der Waals surface area contributed by atoms with Crippen molar-refractivity contribution in [1.29, 1.82) is 0 Å². The van der Waals surface area contributed by atoms with Crippen LogP contribution in [-0.4, -0.2) is 54.4 Å². The van der Waals surface area contributed by atoms with Gasteiger partial charge in [0.05, 0.1) is 24.8 Å². The largest absolute Gasteiger partial charge is 0.488 e. The highest BCUT2D eigenvalue weighted by atomic mass is 16.5. The number of rotatable bonds is 5. The SMILES string of the molecule is CC1NNNC1C(=O)N[C@@H]1COCC[C@H]1Oc1ccc(C(=O)O)cc1. The summed E-state index contributed by atoms with van der Waals surface area (Å²) >= 11 is 0. The number of aromatic carboxylic acids is 1. The number of hydrogen-bond donors (Lipinski definition) is 5. The molecule has 0 aromatic heterocycles. The van der Waals surface area contributed by atoms with E-state index in [4.69, 9.17) is 14.6 Å². The van der Waals surface area contributed by atoms with E-state index >= 15 is 0 Å². The van der Waals surface area contributed by atoms with E-state index in [2.05, 4.69) is 21.7 Å². The first-order chi connectivity index (χ1) is 12.0. The summed E-state index contributed by atoms with van der Waals surface area (Å²) in [5.41, 5.74) is 8.72. The quantitative estimate of drug-likeness (QED) is 0.478. The second-order valence-electron chi connectivity index (χ2n) is 6.14. The second-order valence-corrected chi connectivity index (χ2v) is 6.14. The number of carbonyl (C=O) groups is 2. The summed E-state index contributed by atoms with van der Waals surface area (Å²) < 4.78 is 11.4. The molecule has 2 aliphatic heterocycles. The lowest BCUT2D eigenvalue weighted by Crippen LogP contribution is -2.57. The number of carboxylic acid groups (broad SMARTS) is 1. The molecule has 0 saturated carbocycles. The van der Waals surface area contributed by atoms with Gasteiger partial charge in [-0.25, -0.2) is 15.6 Å². The minimum Gasteiger partial charge on any atom is -0.488 e. The monoisotopic (exact) mass is 350 g/mol. The van der Waals surface area contributed by atoms with Crippen LogP contribution >= 0.6 is 0 Å². The van der Waals surface area contributed by atoms with Crippen LogP contribution in [0.5, 0.6) is 5.75 Å². The number of carbonyl (C=O) groups excluding carboxylic acids is 1. The van der Waals surface area contributed by atoms with Gasteiger partial charge < -0.3 is 19.9 Å². The minimum atomic E-state index is -0.983. The first kappa shape index (κ1) is 17.6. The van der Waals surface area contributed by atoms with Gasteiger partial charge in [0.1, 0.15) is 17.9 Å². The van der Waals surface area contributed by atoms with Crippen LogP contribution < -0.4 is 26.4 Å². The van der Waals surface area contributed by atoms with E-state index in [-0.39, 0.29) is 29.7 Å². The van der Waals surface area contributed by atoms with Crippen molar-refractivity contribution < 1.29 is 24.2 Å². The van der Waals surface area contributed by atoms with Gasteiger partial charge in [0.15, 0.2) is 0 Å². The molecule has 25 heavy (non-hydrogen) atoms. The summed E-state index contributed by atoms with van der Waals surface area (Å²) in [6.45, 7) is 2.81. The van der Waals surface area contributed by atoms with Crippen molar-refractivity contribution in [3.05, 3.63) is 29.8 Å². The van der Waals surface area contributed by atoms with Crippen molar-refractivity contribution in [2.45, 2.75) is 37.6 Å². The Bertz CT molecular complexity index is 623. The smallest absolute Gasteiger partial charge is 0.335 e. The average Bonchev–Trinajstić information content (AvgIpc) is 3.03. The lowest BCUT2D eigenvalue weighted by Gasteiger charge is -2.33. The van der Waals surface area contributed by atoms with Gasteiger partial charge in [0.25, 0.3) is 0 Å². The lowest BCUT2D eigenvalue weighted by atomic mass is 10.0. The Morgan fingerprint density at radius 1 is 1.28 bits per heavy atom. The lowest BCUT2D eigenvalue weighted by molar-refractivity contribution is -0.126. The number of benzene rings is 1. The Hall–Kier alpha value is -2.20. The predicted octanol–water partition coefficient (Wildman–Crippen LogP) is -0.593. The van der Waals surface area contributed by atoms with E-state index in [1.54, 1.807) is 12.1 Å². The minimum absolute atomic E-state index is 0.0487. The van der Waals surface area contributed by atoms with Gasteiger partial charge in [-0.1, -0.05) is 0 Å². The molecule has 1 amide bonds. The number of nitrogens with one attached hydrogen (secondary N) is 4. The summed E-state index contributed by atoms with van der Waals surface area (Å²) in [5, 5.41) is 11.9. The zero-order chi connectivity index (χ0) is 17.8. The Morgan fingerprint density at radius 2 is 2.04 bits per heavy atom. The molecule has 3 rings (SSSR count). The molecule has 4 atom stereocenters. The topological polar surface area (TPSA) is 121 Å². The molecule has 136 valence electrons. The molecule has 1 aromatic rings. The molecule has 0 bridgehead atoms. The standard InChI is InChI=1S/C16H22N4O5/c1-9-14(19-20-18-9)15(21)17-12-8-24-7-6-13(12)25-11-4-2-10(3-5-11)16(22)23/h2-5,9,12-14,18-20H,6-8H2,1H3,(H,17,21)(H,22,23)/t9?,12-,13-,14?/m1/s1. The Morgan fingerprint density at radius 3 is 2.68 bits per heavy atom. The maximum Gasteiger partial charge on any atom is 0.335 e. The summed E-state index contributed by atoms with van der Waals surface area (Å²) in [7, 11) is 0. The van der Waals surface area contributed by atoms with Crippen LogP contribution in [0.3, 0.4) is 0 Å². The van der Waals surface area contributed by atoms with Crippen LogP contribution in [0.2, 0.25) is 0 Å². The normalized spacial score (nSPS) is 29.2. The number of carboxylic acids is 1. The van der Waals surface area contributed by atoms with Crippen molar-refractivity contribution in [3.63, 3.8) is 0 Å². The van der Waals surface area contributed by atoms with Gasteiger partial charge in [-0.3, -0.25) is 4.79 Å². The van der Waals surface area contributed by atoms with Crippen LogP contribution in [0.15, 0.2) is 24.3 Å². The van der Waals surface area contributed by atoms with Crippen molar-refractivity contribution >= 4 is 11.9 Å². The zero-order valence-electron chi connectivity index (χ0n) is 13.8. The summed E-state index contributed by atoms with van der Waals surface area (Å²) in [6.07, 6.45) is 0.390. The van der Waals surface area contributed by atoms with Crippen molar-refractivity contribution in [2.75, 3.05) is 13.2 Å². The van der Waals surface area contributed by atoms with Gasteiger partial charge in [-0.05, 0) is 31.2 Å². The molecule has 9 nitrogen and oxygen atoms in total. The van der Waals surface area contributed by atoms with Crippen LogP contribution in [0.1, 0.15) is 23.7 Å². The van der Waals surface area contributed by atoms with Gasteiger partial charge in [-0.2, -0.15) is 5.53 Å². The predicted molar refractivity (Wildman–Crippen MR) is 87.8 cm³/mol. The van der Waals surface area contributed by atoms with Crippen LogP contribution in [0.25, 0.3) is 0 Å². The maximum atomic E-state index is 12.4.